The molecular weight excluding hydrogens is 330 g/mol. The highest BCUT2D eigenvalue weighted by atomic mass is 16.1. The first kappa shape index (κ1) is 18.3. The van der Waals surface area contributed by atoms with Crippen molar-refractivity contribution in [3.05, 3.63) is 41.1 Å². The minimum absolute atomic E-state index is 0.0134. The number of carbonyl (C=O) groups excluding carboxylic acids is 2. The number of piperazine rings is 1. The standard InChI is InChI=1S/C19H25N5O2/c1-12-17(15(4)25)13(2)22-18(12)19(26)14(3)23-7-9-24(10-8-23)16-11-20-5-6-21-16/h5-6,11,14,22H,7-10H2,1-4H3. The molecule has 0 aliphatic carbocycles. The van der Waals surface area contributed by atoms with Crippen LogP contribution in [0.25, 0.3) is 0 Å². The van der Waals surface area contributed by atoms with Gasteiger partial charge in [0.25, 0.3) is 0 Å². The van der Waals surface area contributed by atoms with Crippen molar-refractivity contribution in [1.82, 2.24) is 19.9 Å². The highest BCUT2D eigenvalue weighted by molar-refractivity contribution is 6.05. The summed E-state index contributed by atoms with van der Waals surface area (Å²) in [5.41, 5.74) is 2.70. The largest absolute Gasteiger partial charge is 0.355 e. The maximum atomic E-state index is 13.0. The maximum absolute atomic E-state index is 13.0. The Balaban J connectivity index is 1.69. The van der Waals surface area contributed by atoms with Crippen molar-refractivity contribution in [2.24, 2.45) is 0 Å². The Hall–Kier alpha value is -2.54. The quantitative estimate of drug-likeness (QED) is 0.827. The highest BCUT2D eigenvalue weighted by Gasteiger charge is 2.29. The molecule has 1 saturated heterocycles. The van der Waals surface area contributed by atoms with Gasteiger partial charge in [0.05, 0.1) is 17.9 Å². The zero-order valence-corrected chi connectivity index (χ0v) is 15.7. The molecule has 2 aromatic heterocycles. The van der Waals surface area contributed by atoms with Gasteiger partial charge in [-0.1, -0.05) is 0 Å². The lowest BCUT2D eigenvalue weighted by molar-refractivity contribution is 0.0824. The average Bonchev–Trinajstić information content (AvgIpc) is 2.95. The lowest BCUT2D eigenvalue weighted by Crippen LogP contribution is -2.52. The molecule has 1 fully saturated rings. The van der Waals surface area contributed by atoms with Crippen LogP contribution in [0.2, 0.25) is 0 Å². The predicted octanol–water partition coefficient (Wildman–Crippen LogP) is 2.02. The number of Topliss-reactive ketones (excluding diaryl/α,β-unsaturated/α-hetero) is 2. The number of hydrogen-bond donors (Lipinski definition) is 1. The molecule has 1 atom stereocenters. The van der Waals surface area contributed by atoms with E-state index in [4.69, 9.17) is 0 Å². The third kappa shape index (κ3) is 3.39. The summed E-state index contributed by atoms with van der Waals surface area (Å²) < 4.78 is 0. The summed E-state index contributed by atoms with van der Waals surface area (Å²) in [6.45, 7) is 10.3. The molecule has 3 heterocycles. The fourth-order valence-corrected chi connectivity index (χ4v) is 3.69. The molecule has 3 rings (SSSR count). The van der Waals surface area contributed by atoms with E-state index in [0.29, 0.717) is 11.3 Å². The molecular formula is C19H25N5O2. The topological polar surface area (TPSA) is 82.2 Å². The number of nitrogens with one attached hydrogen (secondary N) is 1. The van der Waals surface area contributed by atoms with Gasteiger partial charge in [0, 0.05) is 49.8 Å². The van der Waals surface area contributed by atoms with Gasteiger partial charge in [-0.05, 0) is 33.3 Å². The molecule has 0 spiro atoms. The summed E-state index contributed by atoms with van der Waals surface area (Å²) in [6.07, 6.45) is 5.12. The van der Waals surface area contributed by atoms with Gasteiger partial charge in [0.2, 0.25) is 0 Å². The first-order valence-corrected chi connectivity index (χ1v) is 8.89. The van der Waals surface area contributed by atoms with Crippen LogP contribution in [0.3, 0.4) is 0 Å². The van der Waals surface area contributed by atoms with Crippen LogP contribution in [0.4, 0.5) is 5.82 Å². The minimum Gasteiger partial charge on any atom is -0.355 e. The summed E-state index contributed by atoms with van der Waals surface area (Å²) in [5.74, 6) is 0.889. The summed E-state index contributed by atoms with van der Waals surface area (Å²) in [6, 6.07) is -0.240. The third-order valence-corrected chi connectivity index (χ3v) is 5.15. The molecule has 0 saturated carbocycles. The second kappa shape index (κ2) is 7.37. The van der Waals surface area contributed by atoms with Crippen molar-refractivity contribution in [2.45, 2.75) is 33.7 Å². The van der Waals surface area contributed by atoms with E-state index < -0.39 is 0 Å². The molecule has 1 aliphatic heterocycles. The first-order valence-electron chi connectivity index (χ1n) is 8.89. The van der Waals surface area contributed by atoms with Crippen molar-refractivity contribution in [2.75, 3.05) is 31.1 Å². The molecule has 1 N–H and O–H groups in total. The molecule has 0 radical (unpaired) electrons. The van der Waals surface area contributed by atoms with E-state index in [1.54, 1.807) is 18.6 Å². The van der Waals surface area contributed by atoms with Gasteiger partial charge in [0.1, 0.15) is 5.82 Å². The van der Waals surface area contributed by atoms with Gasteiger partial charge in [-0.15, -0.1) is 0 Å². The third-order valence-electron chi connectivity index (χ3n) is 5.15. The monoisotopic (exact) mass is 355 g/mol. The first-order chi connectivity index (χ1) is 12.4. The van der Waals surface area contributed by atoms with Crippen molar-refractivity contribution in [3.8, 4) is 0 Å². The summed E-state index contributed by atoms with van der Waals surface area (Å²) in [5, 5.41) is 0. The zero-order chi connectivity index (χ0) is 18.8. The van der Waals surface area contributed by atoms with Gasteiger partial charge >= 0.3 is 0 Å². The van der Waals surface area contributed by atoms with E-state index in [2.05, 4.69) is 24.8 Å². The normalized spacial score (nSPS) is 16.5. The molecule has 0 bridgehead atoms. The summed E-state index contributed by atoms with van der Waals surface area (Å²) in [4.78, 5) is 40.7. The summed E-state index contributed by atoms with van der Waals surface area (Å²) >= 11 is 0. The Kier molecular flexibility index (Phi) is 5.18. The number of nitrogens with zero attached hydrogens (tertiary/aromatic N) is 4. The number of hydrogen-bond acceptors (Lipinski definition) is 6. The Morgan fingerprint density at radius 2 is 1.85 bits per heavy atom. The minimum atomic E-state index is -0.240. The second-order valence-corrected chi connectivity index (χ2v) is 6.81. The second-order valence-electron chi connectivity index (χ2n) is 6.81. The number of aromatic nitrogens is 3. The van der Waals surface area contributed by atoms with Gasteiger partial charge in [-0.25, -0.2) is 4.98 Å². The average molecular weight is 355 g/mol. The molecule has 0 amide bonds. The molecule has 1 unspecified atom stereocenters. The lowest BCUT2D eigenvalue weighted by Gasteiger charge is -2.37. The Labute approximate surface area is 153 Å². The Bertz CT molecular complexity index is 807. The van der Waals surface area contributed by atoms with E-state index in [1.165, 1.54) is 6.92 Å². The Morgan fingerprint density at radius 3 is 2.38 bits per heavy atom. The van der Waals surface area contributed by atoms with E-state index in [1.807, 2.05) is 20.8 Å². The zero-order valence-electron chi connectivity index (χ0n) is 15.7. The van der Waals surface area contributed by atoms with Crippen LogP contribution in [-0.2, 0) is 0 Å². The van der Waals surface area contributed by atoms with Crippen LogP contribution in [0.5, 0.6) is 0 Å². The molecule has 1 aliphatic rings. The van der Waals surface area contributed by atoms with E-state index >= 15 is 0 Å². The molecule has 7 heteroatoms. The number of anilines is 1. The molecule has 7 nitrogen and oxygen atoms in total. The van der Waals surface area contributed by atoms with E-state index in [0.717, 1.165) is 43.3 Å². The number of aryl methyl sites for hydroxylation is 1. The Morgan fingerprint density at radius 1 is 1.15 bits per heavy atom. The van der Waals surface area contributed by atoms with Crippen LogP contribution in [0, 0.1) is 13.8 Å². The van der Waals surface area contributed by atoms with Crippen molar-refractivity contribution in [1.29, 1.82) is 0 Å². The number of aromatic amines is 1. The molecule has 138 valence electrons. The fourth-order valence-electron chi connectivity index (χ4n) is 3.69. The number of carbonyl (C=O) groups is 2. The van der Waals surface area contributed by atoms with E-state index in [-0.39, 0.29) is 17.6 Å². The van der Waals surface area contributed by atoms with Gasteiger partial charge in [-0.2, -0.15) is 0 Å². The van der Waals surface area contributed by atoms with E-state index in [9.17, 15) is 9.59 Å². The van der Waals surface area contributed by atoms with Crippen molar-refractivity contribution >= 4 is 17.4 Å². The van der Waals surface area contributed by atoms with Crippen LogP contribution in [0.1, 0.15) is 46.0 Å². The summed E-state index contributed by atoms with van der Waals surface area (Å²) in [7, 11) is 0. The van der Waals surface area contributed by atoms with Crippen LogP contribution in [0.15, 0.2) is 18.6 Å². The number of ketones is 2. The van der Waals surface area contributed by atoms with Gasteiger partial charge in [0.15, 0.2) is 11.6 Å². The molecule has 2 aromatic rings. The fraction of sp³-hybridized carbons (Fsp3) is 0.474. The number of H-pyrrole nitrogens is 1. The van der Waals surface area contributed by atoms with Crippen LogP contribution < -0.4 is 4.90 Å². The van der Waals surface area contributed by atoms with Crippen molar-refractivity contribution in [3.63, 3.8) is 0 Å². The van der Waals surface area contributed by atoms with Crippen LogP contribution >= 0.6 is 0 Å². The van der Waals surface area contributed by atoms with Gasteiger partial charge in [-0.3, -0.25) is 19.5 Å². The predicted molar refractivity (Wildman–Crippen MR) is 99.9 cm³/mol. The molecule has 26 heavy (non-hydrogen) atoms. The maximum Gasteiger partial charge on any atom is 0.196 e. The smallest absolute Gasteiger partial charge is 0.196 e. The van der Waals surface area contributed by atoms with Crippen LogP contribution in [-0.4, -0.2) is 63.6 Å². The molecule has 0 aromatic carbocycles. The SMILES string of the molecule is CC(=O)c1c(C)[nH]c(C(=O)C(C)N2CCN(c3cnccn3)CC2)c1C. The van der Waals surface area contributed by atoms with Gasteiger partial charge < -0.3 is 9.88 Å². The van der Waals surface area contributed by atoms with Crippen molar-refractivity contribution < 1.29 is 9.59 Å². The lowest BCUT2D eigenvalue weighted by atomic mass is 10.0. The highest BCUT2D eigenvalue weighted by Crippen LogP contribution is 2.22. The number of rotatable bonds is 5.